The highest BCUT2D eigenvalue weighted by Crippen LogP contribution is 2.16. The van der Waals surface area contributed by atoms with Crippen LogP contribution in [-0.2, 0) is 20.9 Å². The van der Waals surface area contributed by atoms with Crippen LogP contribution in [0.5, 0.6) is 0 Å². The summed E-state index contributed by atoms with van der Waals surface area (Å²) in [6, 6.07) is 15.0. The van der Waals surface area contributed by atoms with Gasteiger partial charge < -0.3 is 20.3 Å². The van der Waals surface area contributed by atoms with Crippen molar-refractivity contribution in [3.63, 3.8) is 0 Å². The number of anilines is 1. The predicted molar refractivity (Wildman–Crippen MR) is 138 cm³/mol. The molecule has 2 aromatic carbocycles. The first-order valence-corrected chi connectivity index (χ1v) is 12.5. The summed E-state index contributed by atoms with van der Waals surface area (Å²) in [6.07, 6.45) is 0. The molecule has 2 aliphatic heterocycles. The molecule has 3 amide bonds. The number of carbonyl (C=O) groups excluding carboxylic acids is 3. The van der Waals surface area contributed by atoms with Gasteiger partial charge in [0.1, 0.15) is 0 Å². The Hall–Kier alpha value is -3.27. The molecule has 2 N–H and O–H groups in total. The predicted octanol–water partition coefficient (Wildman–Crippen LogP) is 1.34. The molecule has 0 unspecified atom stereocenters. The molecule has 2 saturated heterocycles. The van der Waals surface area contributed by atoms with Crippen LogP contribution in [0.25, 0.3) is 0 Å². The molecular weight excluding hydrogens is 458 g/mol. The first-order valence-electron chi connectivity index (χ1n) is 12.5. The lowest BCUT2D eigenvalue weighted by atomic mass is 10.1. The number of hydrogen-bond acceptors (Lipinski definition) is 6. The fourth-order valence-electron chi connectivity index (χ4n) is 4.37. The Bertz CT molecular complexity index is 1040. The Kier molecular flexibility index (Phi) is 9.05. The molecule has 0 saturated carbocycles. The molecule has 2 fully saturated rings. The highest BCUT2D eigenvalue weighted by Gasteiger charge is 2.24. The second-order valence-corrected chi connectivity index (χ2v) is 9.31. The van der Waals surface area contributed by atoms with Crippen molar-refractivity contribution in [2.75, 3.05) is 70.9 Å². The number of piperazine rings is 1. The minimum atomic E-state index is -0.237. The number of nitrogens with one attached hydrogen (secondary N) is 2. The van der Waals surface area contributed by atoms with E-state index < -0.39 is 0 Å². The summed E-state index contributed by atoms with van der Waals surface area (Å²) < 4.78 is 5.34. The SMILES string of the molecule is Cc1ccc(CNC(=O)c2ccccc2NC(=O)CN2CCN(C(=O)CN3CCOCC3)CC2)cc1. The minimum Gasteiger partial charge on any atom is -0.379 e. The van der Waals surface area contributed by atoms with Gasteiger partial charge in [0, 0.05) is 45.8 Å². The average Bonchev–Trinajstić information content (AvgIpc) is 2.89. The van der Waals surface area contributed by atoms with E-state index in [1.807, 2.05) is 41.0 Å². The molecule has 2 aliphatic rings. The van der Waals surface area contributed by atoms with E-state index in [0.717, 1.165) is 18.7 Å². The fraction of sp³-hybridized carbons (Fsp3) is 0.444. The van der Waals surface area contributed by atoms with Gasteiger partial charge in [0.05, 0.1) is 37.6 Å². The summed E-state index contributed by atoms with van der Waals surface area (Å²) in [5.74, 6) is -0.285. The highest BCUT2D eigenvalue weighted by molar-refractivity contribution is 6.04. The summed E-state index contributed by atoms with van der Waals surface area (Å²) in [7, 11) is 0. The van der Waals surface area contributed by atoms with Crippen molar-refractivity contribution >= 4 is 23.4 Å². The molecule has 0 atom stereocenters. The van der Waals surface area contributed by atoms with Gasteiger partial charge in [0.25, 0.3) is 5.91 Å². The van der Waals surface area contributed by atoms with E-state index in [0.29, 0.717) is 63.7 Å². The smallest absolute Gasteiger partial charge is 0.253 e. The Balaban J connectivity index is 1.23. The molecule has 192 valence electrons. The molecule has 0 aromatic heterocycles. The van der Waals surface area contributed by atoms with Crippen LogP contribution in [0.1, 0.15) is 21.5 Å². The quantitative estimate of drug-likeness (QED) is 0.577. The standard InChI is InChI=1S/C27H35N5O4/c1-21-6-8-22(9-7-21)18-28-27(35)23-4-2-3-5-24(23)29-25(33)19-30-10-12-32(13-11-30)26(34)20-31-14-16-36-17-15-31/h2-9H,10-20H2,1H3,(H,28,35)(H,29,33). The van der Waals surface area contributed by atoms with Crippen molar-refractivity contribution < 1.29 is 19.1 Å². The lowest BCUT2D eigenvalue weighted by molar-refractivity contribution is -0.135. The summed E-state index contributed by atoms with van der Waals surface area (Å²) >= 11 is 0. The first kappa shape index (κ1) is 25.8. The second-order valence-electron chi connectivity index (χ2n) is 9.31. The normalized spacial score (nSPS) is 17.0. The molecule has 2 aromatic rings. The van der Waals surface area contributed by atoms with Crippen molar-refractivity contribution in [3.8, 4) is 0 Å². The van der Waals surface area contributed by atoms with Gasteiger partial charge in [-0.15, -0.1) is 0 Å². The number of nitrogens with zero attached hydrogens (tertiary/aromatic N) is 3. The minimum absolute atomic E-state index is 0.131. The summed E-state index contributed by atoms with van der Waals surface area (Å²) in [5.41, 5.74) is 3.09. The first-order chi connectivity index (χ1) is 17.5. The zero-order valence-corrected chi connectivity index (χ0v) is 20.9. The Morgan fingerprint density at radius 2 is 1.50 bits per heavy atom. The number of hydrogen-bond donors (Lipinski definition) is 2. The highest BCUT2D eigenvalue weighted by atomic mass is 16.5. The molecule has 0 radical (unpaired) electrons. The van der Waals surface area contributed by atoms with E-state index in [2.05, 4.69) is 15.5 Å². The van der Waals surface area contributed by atoms with E-state index in [9.17, 15) is 14.4 Å². The largest absolute Gasteiger partial charge is 0.379 e. The van der Waals surface area contributed by atoms with Gasteiger partial charge in [-0.05, 0) is 24.6 Å². The lowest BCUT2D eigenvalue weighted by Gasteiger charge is -2.36. The zero-order chi connectivity index (χ0) is 25.3. The maximum Gasteiger partial charge on any atom is 0.253 e. The van der Waals surface area contributed by atoms with Crippen molar-refractivity contribution in [3.05, 3.63) is 65.2 Å². The lowest BCUT2D eigenvalue weighted by Crippen LogP contribution is -2.53. The second kappa shape index (κ2) is 12.6. The van der Waals surface area contributed by atoms with E-state index in [1.165, 1.54) is 5.56 Å². The Morgan fingerprint density at radius 3 is 2.22 bits per heavy atom. The van der Waals surface area contributed by atoms with Crippen LogP contribution in [-0.4, -0.2) is 98.0 Å². The third-order valence-corrected chi connectivity index (χ3v) is 6.57. The van der Waals surface area contributed by atoms with Gasteiger partial charge in [0.15, 0.2) is 0 Å². The molecule has 0 aliphatic carbocycles. The van der Waals surface area contributed by atoms with Crippen LogP contribution in [0.3, 0.4) is 0 Å². The molecule has 0 spiro atoms. The van der Waals surface area contributed by atoms with E-state index in [-0.39, 0.29) is 24.3 Å². The number of carbonyl (C=O) groups is 3. The van der Waals surface area contributed by atoms with E-state index in [1.54, 1.807) is 24.3 Å². The molecule has 0 bridgehead atoms. The monoisotopic (exact) mass is 493 g/mol. The van der Waals surface area contributed by atoms with Gasteiger partial charge in [0.2, 0.25) is 11.8 Å². The third kappa shape index (κ3) is 7.36. The van der Waals surface area contributed by atoms with Crippen molar-refractivity contribution in [1.29, 1.82) is 0 Å². The van der Waals surface area contributed by atoms with Crippen LogP contribution in [0.2, 0.25) is 0 Å². The summed E-state index contributed by atoms with van der Waals surface area (Å²) in [5, 5.41) is 5.82. The van der Waals surface area contributed by atoms with Crippen LogP contribution in [0, 0.1) is 6.92 Å². The van der Waals surface area contributed by atoms with Crippen LogP contribution < -0.4 is 10.6 Å². The van der Waals surface area contributed by atoms with Gasteiger partial charge >= 0.3 is 0 Å². The molecular formula is C27H35N5O4. The van der Waals surface area contributed by atoms with E-state index >= 15 is 0 Å². The van der Waals surface area contributed by atoms with Gasteiger partial charge in [-0.3, -0.25) is 24.2 Å². The van der Waals surface area contributed by atoms with Crippen molar-refractivity contribution in [2.45, 2.75) is 13.5 Å². The fourth-order valence-corrected chi connectivity index (χ4v) is 4.37. The summed E-state index contributed by atoms with van der Waals surface area (Å²) in [4.78, 5) is 44.2. The molecule has 9 nitrogen and oxygen atoms in total. The number of aryl methyl sites for hydroxylation is 1. The van der Waals surface area contributed by atoms with Crippen molar-refractivity contribution in [2.24, 2.45) is 0 Å². The van der Waals surface area contributed by atoms with E-state index in [4.69, 9.17) is 4.74 Å². The van der Waals surface area contributed by atoms with Gasteiger partial charge in [-0.25, -0.2) is 0 Å². The Labute approximate surface area is 212 Å². The number of morpholine rings is 1. The molecule has 36 heavy (non-hydrogen) atoms. The molecule has 9 heteroatoms. The third-order valence-electron chi connectivity index (χ3n) is 6.57. The number of ether oxygens (including phenoxy) is 1. The number of benzene rings is 2. The maximum absolute atomic E-state index is 12.8. The number of amides is 3. The van der Waals surface area contributed by atoms with Gasteiger partial charge in [-0.1, -0.05) is 42.0 Å². The van der Waals surface area contributed by atoms with Gasteiger partial charge in [-0.2, -0.15) is 0 Å². The maximum atomic E-state index is 12.8. The summed E-state index contributed by atoms with van der Waals surface area (Å²) in [6.45, 7) is 8.49. The van der Waals surface area contributed by atoms with Crippen LogP contribution in [0.15, 0.2) is 48.5 Å². The average molecular weight is 494 g/mol. The van der Waals surface area contributed by atoms with Crippen LogP contribution in [0.4, 0.5) is 5.69 Å². The molecule has 2 heterocycles. The number of para-hydroxylation sites is 1. The van der Waals surface area contributed by atoms with Crippen LogP contribution >= 0.6 is 0 Å². The number of rotatable bonds is 8. The topological polar surface area (TPSA) is 94.2 Å². The molecule has 4 rings (SSSR count). The Morgan fingerprint density at radius 1 is 0.833 bits per heavy atom. The zero-order valence-electron chi connectivity index (χ0n) is 20.9. The van der Waals surface area contributed by atoms with Crippen molar-refractivity contribution in [1.82, 2.24) is 20.0 Å².